The largest absolute Gasteiger partial charge is 0.416 e. The highest BCUT2D eigenvalue weighted by Crippen LogP contribution is 2.33. The van der Waals surface area contributed by atoms with Gasteiger partial charge < -0.3 is 5.32 Å². The molecule has 1 N–H and O–H groups in total. The first-order chi connectivity index (χ1) is 12.7. The highest BCUT2D eigenvalue weighted by atomic mass is 32.2. The minimum atomic E-state index is -4.66. The van der Waals surface area contributed by atoms with E-state index in [0.29, 0.717) is 11.8 Å². The maximum absolute atomic E-state index is 12.9. The van der Waals surface area contributed by atoms with Crippen molar-refractivity contribution in [2.75, 3.05) is 16.9 Å². The van der Waals surface area contributed by atoms with Crippen molar-refractivity contribution < 1.29 is 26.4 Å². The number of anilines is 1. The van der Waals surface area contributed by atoms with Crippen molar-refractivity contribution in [1.29, 1.82) is 0 Å². The Bertz CT molecular complexity index is 934. The normalized spacial score (nSPS) is 18.4. The maximum Gasteiger partial charge on any atom is 0.416 e. The third kappa shape index (κ3) is 4.28. The van der Waals surface area contributed by atoms with Crippen molar-refractivity contribution in [2.24, 2.45) is 0 Å². The van der Waals surface area contributed by atoms with Gasteiger partial charge in [0.25, 0.3) is 0 Å². The summed E-state index contributed by atoms with van der Waals surface area (Å²) < 4.78 is 65.3. The lowest BCUT2D eigenvalue weighted by Gasteiger charge is -2.23. The summed E-state index contributed by atoms with van der Waals surface area (Å²) in [6.45, 7) is 0. The summed E-state index contributed by atoms with van der Waals surface area (Å²) in [6.07, 6.45) is -4.66. The number of hydrogen-bond acceptors (Lipinski definition) is 4. The van der Waals surface area contributed by atoms with Gasteiger partial charge in [-0.3, -0.25) is 4.79 Å². The molecular weight excluding hydrogens is 401 g/mol. The Kier molecular flexibility index (Phi) is 5.50. The number of rotatable bonds is 4. The zero-order valence-electron chi connectivity index (χ0n) is 13.8. The molecule has 27 heavy (non-hydrogen) atoms. The zero-order chi connectivity index (χ0) is 19.7. The van der Waals surface area contributed by atoms with E-state index >= 15 is 0 Å². The smallest absolute Gasteiger partial charge is 0.325 e. The number of para-hydroxylation sites is 1. The highest BCUT2D eigenvalue weighted by molar-refractivity contribution is 8.00. The number of nitrogens with one attached hydrogen (secondary N) is 1. The van der Waals surface area contributed by atoms with E-state index in [1.807, 2.05) is 0 Å². The molecule has 1 aliphatic rings. The molecule has 1 heterocycles. The Balaban J connectivity index is 1.86. The van der Waals surface area contributed by atoms with Crippen LogP contribution in [0.1, 0.15) is 5.56 Å². The molecular formula is C17H15F3N2O3S2. The van der Waals surface area contributed by atoms with Crippen molar-refractivity contribution in [3.63, 3.8) is 0 Å². The number of thioether (sulfide) groups is 1. The second-order valence-corrected chi connectivity index (χ2v) is 8.68. The molecule has 1 fully saturated rings. The number of carbonyl (C=O) groups excluding carboxylic acids is 1. The van der Waals surface area contributed by atoms with Gasteiger partial charge in [-0.2, -0.15) is 17.5 Å². The molecule has 0 unspecified atom stereocenters. The predicted molar refractivity (Wildman–Crippen MR) is 96.7 cm³/mol. The standard InChI is InChI=1S/C17H15F3N2O3S2/c18-17(19,20)12-5-4-8-14(9-12)27(24,25)22-11-26-10-15(22)16(23)21-13-6-2-1-3-7-13/h1-9,15H,10-11H2,(H,21,23)/t15-/m1/s1. The molecule has 0 saturated carbocycles. The first-order valence-electron chi connectivity index (χ1n) is 7.82. The van der Waals surface area contributed by atoms with E-state index in [2.05, 4.69) is 5.32 Å². The number of carbonyl (C=O) groups is 1. The van der Waals surface area contributed by atoms with Crippen LogP contribution in [0.3, 0.4) is 0 Å². The van der Waals surface area contributed by atoms with E-state index in [4.69, 9.17) is 0 Å². The summed E-state index contributed by atoms with van der Waals surface area (Å²) >= 11 is 1.22. The number of nitrogens with zero attached hydrogens (tertiary/aromatic N) is 1. The number of halogens is 3. The van der Waals surface area contributed by atoms with Crippen LogP contribution in [0.5, 0.6) is 0 Å². The fourth-order valence-electron chi connectivity index (χ4n) is 2.59. The summed E-state index contributed by atoms with van der Waals surface area (Å²) in [5.41, 5.74) is -0.545. The minimum absolute atomic E-state index is 0.00848. The molecule has 0 bridgehead atoms. The van der Waals surface area contributed by atoms with Gasteiger partial charge in [-0.25, -0.2) is 8.42 Å². The average molecular weight is 416 g/mol. The van der Waals surface area contributed by atoms with Crippen LogP contribution in [0.25, 0.3) is 0 Å². The number of amides is 1. The van der Waals surface area contributed by atoms with Crippen LogP contribution in [0, 0.1) is 0 Å². The molecule has 1 aliphatic heterocycles. The van der Waals surface area contributed by atoms with Crippen LogP contribution in [-0.4, -0.2) is 36.3 Å². The van der Waals surface area contributed by atoms with Gasteiger partial charge in [0.2, 0.25) is 15.9 Å². The Hall–Kier alpha value is -2.04. The molecule has 2 aromatic rings. The number of benzene rings is 2. The number of alkyl halides is 3. The van der Waals surface area contributed by atoms with E-state index in [9.17, 15) is 26.4 Å². The summed E-state index contributed by atoms with van der Waals surface area (Å²) in [7, 11) is -4.26. The SMILES string of the molecule is O=C(Nc1ccccc1)[C@H]1CSCN1S(=O)(=O)c1cccc(C(F)(F)F)c1. The first-order valence-corrected chi connectivity index (χ1v) is 10.4. The molecule has 1 saturated heterocycles. The van der Waals surface area contributed by atoms with Crippen LogP contribution in [0.4, 0.5) is 18.9 Å². The molecule has 0 spiro atoms. The van der Waals surface area contributed by atoms with Crippen molar-refractivity contribution in [3.05, 3.63) is 60.2 Å². The predicted octanol–water partition coefficient (Wildman–Crippen LogP) is 3.41. The van der Waals surface area contributed by atoms with Crippen molar-refractivity contribution in [1.82, 2.24) is 4.31 Å². The van der Waals surface area contributed by atoms with Gasteiger partial charge in [-0.05, 0) is 30.3 Å². The van der Waals surface area contributed by atoms with Crippen LogP contribution in [0.15, 0.2) is 59.5 Å². The Labute approximate surface area is 158 Å². The fraction of sp³-hybridized carbons (Fsp3) is 0.235. The second-order valence-electron chi connectivity index (χ2n) is 5.79. The lowest BCUT2D eigenvalue weighted by molar-refractivity contribution is -0.137. The van der Waals surface area contributed by atoms with E-state index < -0.39 is 38.6 Å². The molecule has 5 nitrogen and oxygen atoms in total. The molecule has 10 heteroatoms. The molecule has 3 rings (SSSR count). The van der Waals surface area contributed by atoms with Gasteiger partial charge in [-0.1, -0.05) is 24.3 Å². The molecule has 1 amide bonds. The number of sulfonamides is 1. The Morgan fingerprint density at radius 3 is 2.48 bits per heavy atom. The summed E-state index contributed by atoms with van der Waals surface area (Å²) in [5.74, 6) is -0.316. The van der Waals surface area contributed by atoms with Crippen molar-refractivity contribution in [3.8, 4) is 0 Å². The second kappa shape index (κ2) is 7.53. The minimum Gasteiger partial charge on any atom is -0.325 e. The molecule has 0 aromatic heterocycles. The van der Waals surface area contributed by atoms with Gasteiger partial charge in [0, 0.05) is 11.4 Å². The first kappa shape index (κ1) is 19.7. The van der Waals surface area contributed by atoms with Crippen LogP contribution in [0.2, 0.25) is 0 Å². The summed E-state index contributed by atoms with van der Waals surface area (Å²) in [5, 5.41) is 2.63. The van der Waals surface area contributed by atoms with Crippen LogP contribution < -0.4 is 5.32 Å². The van der Waals surface area contributed by atoms with Gasteiger partial charge in [0.05, 0.1) is 16.3 Å². The quantitative estimate of drug-likeness (QED) is 0.830. The molecule has 0 aliphatic carbocycles. The summed E-state index contributed by atoms with van der Waals surface area (Å²) in [4.78, 5) is 12.0. The Morgan fingerprint density at radius 1 is 1.11 bits per heavy atom. The van der Waals surface area contributed by atoms with Crippen LogP contribution in [-0.2, 0) is 21.0 Å². The zero-order valence-corrected chi connectivity index (χ0v) is 15.4. The van der Waals surface area contributed by atoms with E-state index in [1.165, 1.54) is 11.8 Å². The molecule has 2 aromatic carbocycles. The molecule has 1 atom stereocenters. The average Bonchev–Trinajstić information content (AvgIpc) is 3.13. The van der Waals surface area contributed by atoms with E-state index in [0.717, 1.165) is 22.5 Å². The van der Waals surface area contributed by atoms with Gasteiger partial charge in [0.1, 0.15) is 6.04 Å². The fourth-order valence-corrected chi connectivity index (χ4v) is 5.78. The lowest BCUT2D eigenvalue weighted by atomic mass is 10.2. The molecule has 0 radical (unpaired) electrons. The lowest BCUT2D eigenvalue weighted by Crippen LogP contribution is -2.44. The van der Waals surface area contributed by atoms with Gasteiger partial charge in [0.15, 0.2) is 0 Å². The van der Waals surface area contributed by atoms with Gasteiger partial charge in [-0.15, -0.1) is 11.8 Å². The van der Waals surface area contributed by atoms with E-state index in [1.54, 1.807) is 30.3 Å². The monoisotopic (exact) mass is 416 g/mol. The van der Waals surface area contributed by atoms with Crippen molar-refractivity contribution in [2.45, 2.75) is 17.1 Å². The topological polar surface area (TPSA) is 66.5 Å². The third-order valence-electron chi connectivity index (χ3n) is 3.95. The van der Waals surface area contributed by atoms with Crippen LogP contribution >= 0.6 is 11.8 Å². The third-order valence-corrected chi connectivity index (χ3v) is 6.98. The number of hydrogen-bond donors (Lipinski definition) is 1. The molecule has 144 valence electrons. The highest BCUT2D eigenvalue weighted by Gasteiger charge is 2.41. The Morgan fingerprint density at radius 2 is 1.81 bits per heavy atom. The van der Waals surface area contributed by atoms with Gasteiger partial charge >= 0.3 is 6.18 Å². The maximum atomic E-state index is 12.9. The van der Waals surface area contributed by atoms with Crippen molar-refractivity contribution >= 4 is 33.4 Å². The summed E-state index contributed by atoms with van der Waals surface area (Å²) in [6, 6.07) is 11.0. The van der Waals surface area contributed by atoms with E-state index in [-0.39, 0.29) is 11.6 Å².